The number of non-ortho nitro benzene ring substituents is 1. The van der Waals surface area contributed by atoms with Gasteiger partial charge in [0, 0.05) is 6.07 Å². The topological polar surface area (TPSA) is 98.5 Å². The fourth-order valence-corrected chi connectivity index (χ4v) is 2.95. The van der Waals surface area contributed by atoms with Crippen LogP contribution in [0.4, 0.5) is 24.5 Å². The first kappa shape index (κ1) is 22.0. The summed E-state index contributed by atoms with van der Waals surface area (Å²) in [5.41, 5.74) is -6.39. The first-order valence-electron chi connectivity index (χ1n) is 7.14. The molecule has 0 spiro atoms. The second-order valence-electron chi connectivity index (χ2n) is 5.37. The Balaban J connectivity index is 0.00000312. The Labute approximate surface area is 164 Å². The second-order valence-corrected chi connectivity index (χ2v) is 7.04. The number of halogens is 3. The molecule has 1 aromatic carbocycles. The van der Waals surface area contributed by atoms with Crippen molar-refractivity contribution in [3.63, 3.8) is 0 Å². The van der Waals surface area contributed by atoms with Gasteiger partial charge in [0.1, 0.15) is 0 Å². The molecule has 2 rings (SSSR count). The maximum absolute atomic E-state index is 12.5. The van der Waals surface area contributed by atoms with Crippen LogP contribution in [0.15, 0.2) is 18.2 Å². The van der Waals surface area contributed by atoms with Gasteiger partial charge in [-0.2, -0.15) is 21.6 Å². The zero-order chi connectivity index (χ0) is 18.0. The van der Waals surface area contributed by atoms with E-state index in [-0.39, 0.29) is 41.4 Å². The van der Waals surface area contributed by atoms with Gasteiger partial charge < -0.3 is 4.74 Å². The molecule has 0 bridgehead atoms. The molecule has 1 N–H and O–H groups in total. The molecule has 1 fully saturated rings. The number of alkyl halides is 3. The molecule has 0 unspecified atom stereocenters. The molecule has 1 aliphatic carbocycles. The van der Waals surface area contributed by atoms with Crippen LogP contribution in [0.5, 0.6) is 5.75 Å². The zero-order valence-electron chi connectivity index (χ0n) is 12.4. The minimum absolute atomic E-state index is 0. The van der Waals surface area contributed by atoms with Crippen LogP contribution >= 0.6 is 0 Å². The number of ether oxygens (including phenoxy) is 1. The van der Waals surface area contributed by atoms with Gasteiger partial charge in [0.2, 0.25) is 0 Å². The molecule has 1 aliphatic rings. The summed E-state index contributed by atoms with van der Waals surface area (Å²) in [6.45, 7) is 0. The molecule has 25 heavy (non-hydrogen) atoms. The Bertz CT molecular complexity index is 721. The molecule has 0 aliphatic heterocycles. The van der Waals surface area contributed by atoms with E-state index in [2.05, 4.69) is 0 Å². The first-order valence-corrected chi connectivity index (χ1v) is 8.62. The SMILES string of the molecule is O=[N+]([O-])c1ccc(NS(=O)(=O)C(F)(F)F)c(OC2CCCCC2)c1.[NaH]. The number of nitrogens with one attached hydrogen (secondary N) is 1. The van der Waals surface area contributed by atoms with E-state index in [1.807, 2.05) is 0 Å². The third-order valence-corrected chi connectivity index (χ3v) is 4.67. The van der Waals surface area contributed by atoms with Gasteiger partial charge in [-0.05, 0) is 31.7 Å². The van der Waals surface area contributed by atoms with Crippen molar-refractivity contribution in [2.24, 2.45) is 0 Å². The number of sulfonamides is 1. The van der Waals surface area contributed by atoms with E-state index >= 15 is 0 Å². The zero-order valence-corrected chi connectivity index (χ0v) is 13.2. The monoisotopic (exact) mass is 392 g/mol. The average Bonchev–Trinajstić information content (AvgIpc) is 2.48. The molecular formula is C13H16F3N2NaO5S. The van der Waals surface area contributed by atoms with Crippen molar-refractivity contribution in [1.29, 1.82) is 0 Å². The fourth-order valence-electron chi connectivity index (χ4n) is 2.37. The Morgan fingerprint density at radius 1 is 1.20 bits per heavy atom. The van der Waals surface area contributed by atoms with Crippen molar-refractivity contribution >= 4 is 51.0 Å². The summed E-state index contributed by atoms with van der Waals surface area (Å²) in [5, 5.41) is 10.8. The third kappa shape index (κ3) is 5.73. The summed E-state index contributed by atoms with van der Waals surface area (Å²) >= 11 is 0. The predicted molar refractivity (Wildman–Crippen MR) is 86.3 cm³/mol. The fraction of sp³-hybridized carbons (Fsp3) is 0.538. The van der Waals surface area contributed by atoms with Gasteiger partial charge >= 0.3 is 45.1 Å². The normalized spacial score (nSPS) is 16.0. The molecule has 0 aromatic heterocycles. The molecule has 12 heteroatoms. The van der Waals surface area contributed by atoms with E-state index in [1.54, 1.807) is 0 Å². The van der Waals surface area contributed by atoms with Gasteiger partial charge in [0.25, 0.3) is 5.69 Å². The predicted octanol–water partition coefficient (Wildman–Crippen LogP) is 2.92. The first-order chi connectivity index (χ1) is 11.1. The molecule has 0 heterocycles. The van der Waals surface area contributed by atoms with E-state index in [9.17, 15) is 31.7 Å². The standard InChI is InChI=1S/C13H15F3N2O5S.Na.H/c14-13(15,16)24(21,22)17-11-7-6-9(18(19)20)8-12(11)23-10-4-2-1-3-5-10;;/h6-8,10,17H,1-5H2;;. The van der Waals surface area contributed by atoms with Gasteiger partial charge in [-0.15, -0.1) is 0 Å². The van der Waals surface area contributed by atoms with E-state index in [0.717, 1.165) is 37.5 Å². The van der Waals surface area contributed by atoms with Crippen molar-refractivity contribution in [2.75, 3.05) is 4.72 Å². The molecule has 0 saturated heterocycles. The van der Waals surface area contributed by atoms with Crippen molar-refractivity contribution in [3.05, 3.63) is 28.3 Å². The molecular weight excluding hydrogens is 376 g/mol. The van der Waals surface area contributed by atoms with Crippen molar-refractivity contribution in [2.45, 2.75) is 43.7 Å². The number of nitro groups is 1. The Hall–Kier alpha value is -1.04. The quantitative estimate of drug-likeness (QED) is 0.472. The number of hydrogen-bond donors (Lipinski definition) is 1. The Morgan fingerprint density at radius 3 is 2.32 bits per heavy atom. The minimum atomic E-state index is -5.65. The molecule has 0 amide bonds. The van der Waals surface area contributed by atoms with E-state index in [0.29, 0.717) is 12.8 Å². The van der Waals surface area contributed by atoms with E-state index < -0.39 is 31.8 Å². The van der Waals surface area contributed by atoms with E-state index in [1.165, 1.54) is 4.72 Å². The number of nitro benzene ring substituents is 1. The number of anilines is 1. The van der Waals surface area contributed by atoms with Gasteiger partial charge in [-0.1, -0.05) is 6.42 Å². The summed E-state index contributed by atoms with van der Waals surface area (Å²) < 4.78 is 67.0. The van der Waals surface area contributed by atoms with Crippen LogP contribution in [0, 0.1) is 10.1 Å². The summed E-state index contributed by atoms with van der Waals surface area (Å²) in [7, 11) is -5.65. The average molecular weight is 392 g/mol. The van der Waals surface area contributed by atoms with Crippen LogP contribution in [-0.2, 0) is 10.0 Å². The van der Waals surface area contributed by atoms with Gasteiger partial charge in [-0.3, -0.25) is 14.8 Å². The van der Waals surface area contributed by atoms with Gasteiger partial charge in [0.05, 0.1) is 22.8 Å². The maximum atomic E-state index is 12.5. The second kappa shape index (κ2) is 8.56. The summed E-state index contributed by atoms with van der Waals surface area (Å²) in [4.78, 5) is 10.1. The summed E-state index contributed by atoms with van der Waals surface area (Å²) in [6, 6.07) is 2.71. The van der Waals surface area contributed by atoms with Crippen molar-refractivity contribution in [1.82, 2.24) is 0 Å². The number of nitrogens with zero attached hydrogens (tertiary/aromatic N) is 1. The molecule has 1 saturated carbocycles. The van der Waals surface area contributed by atoms with Gasteiger partial charge in [0.15, 0.2) is 5.75 Å². The van der Waals surface area contributed by atoms with Crippen LogP contribution in [-0.4, -0.2) is 54.5 Å². The number of hydrogen-bond acceptors (Lipinski definition) is 5. The summed E-state index contributed by atoms with van der Waals surface area (Å²) in [5.74, 6) is -0.288. The molecule has 0 radical (unpaired) electrons. The molecule has 1 aromatic rings. The van der Waals surface area contributed by atoms with Crippen LogP contribution in [0.2, 0.25) is 0 Å². The van der Waals surface area contributed by atoms with Crippen LogP contribution in [0.25, 0.3) is 0 Å². The third-order valence-electron chi connectivity index (χ3n) is 3.57. The molecule has 136 valence electrons. The Morgan fingerprint density at radius 2 is 1.80 bits per heavy atom. The molecule has 0 atom stereocenters. The number of benzene rings is 1. The van der Waals surface area contributed by atoms with Crippen LogP contribution < -0.4 is 9.46 Å². The van der Waals surface area contributed by atoms with Gasteiger partial charge in [-0.25, -0.2) is 0 Å². The van der Waals surface area contributed by atoms with Crippen LogP contribution in [0.1, 0.15) is 32.1 Å². The molecule has 7 nitrogen and oxygen atoms in total. The van der Waals surface area contributed by atoms with Crippen LogP contribution in [0.3, 0.4) is 0 Å². The van der Waals surface area contributed by atoms with Crippen molar-refractivity contribution < 1.29 is 31.2 Å². The Kier molecular flexibility index (Phi) is 7.54. The van der Waals surface area contributed by atoms with Crippen molar-refractivity contribution in [3.8, 4) is 5.75 Å². The summed E-state index contributed by atoms with van der Waals surface area (Å²) in [6.07, 6.45) is 3.70. The van der Waals surface area contributed by atoms with E-state index in [4.69, 9.17) is 4.74 Å². The number of rotatable bonds is 5.